The minimum atomic E-state index is 0.565. The van der Waals surface area contributed by atoms with Gasteiger partial charge in [-0.1, -0.05) is 35.9 Å². The highest BCUT2D eigenvalue weighted by Crippen LogP contribution is 2.25. The molecule has 3 rings (SSSR count). The lowest BCUT2D eigenvalue weighted by Gasteiger charge is -2.29. The van der Waals surface area contributed by atoms with Gasteiger partial charge in [-0.05, 0) is 50.2 Å². The second-order valence-corrected chi connectivity index (χ2v) is 6.33. The average molecular weight is 301 g/mol. The number of rotatable bonds is 3. The summed E-state index contributed by atoms with van der Waals surface area (Å²) < 4.78 is 0. The third kappa shape index (κ3) is 3.63. The lowest BCUT2D eigenvalue weighted by Crippen LogP contribution is -2.31. The summed E-state index contributed by atoms with van der Waals surface area (Å²) >= 11 is 6.25. The molecule has 1 atom stereocenters. The highest BCUT2D eigenvalue weighted by atomic mass is 35.5. The molecular weight excluding hydrogens is 280 g/mol. The monoisotopic (exact) mass is 300 g/mol. The van der Waals surface area contributed by atoms with Crippen molar-refractivity contribution >= 4 is 11.6 Å². The molecule has 3 heteroatoms. The van der Waals surface area contributed by atoms with E-state index in [0.29, 0.717) is 5.92 Å². The first-order chi connectivity index (χ1) is 10.2. The van der Waals surface area contributed by atoms with E-state index in [1.807, 2.05) is 18.2 Å². The fourth-order valence-corrected chi connectivity index (χ4v) is 3.27. The van der Waals surface area contributed by atoms with Gasteiger partial charge >= 0.3 is 0 Å². The average Bonchev–Trinajstić information content (AvgIpc) is 2.50. The summed E-state index contributed by atoms with van der Waals surface area (Å²) in [4.78, 5) is 7.28. The predicted octanol–water partition coefficient (Wildman–Crippen LogP) is 4.14. The number of hydrogen-bond donors (Lipinski definition) is 0. The zero-order valence-electron chi connectivity index (χ0n) is 12.4. The Morgan fingerprint density at radius 1 is 1.19 bits per heavy atom. The van der Waals surface area contributed by atoms with Gasteiger partial charge in [-0.3, -0.25) is 4.98 Å². The van der Waals surface area contributed by atoms with E-state index >= 15 is 0 Å². The van der Waals surface area contributed by atoms with Crippen molar-refractivity contribution in [2.45, 2.75) is 25.2 Å². The number of likely N-dealkylation sites (N-methyl/N-ethyl adjacent to an activating group) is 1. The molecule has 0 amide bonds. The molecule has 0 saturated carbocycles. The van der Waals surface area contributed by atoms with Crippen LogP contribution in [0, 0.1) is 0 Å². The van der Waals surface area contributed by atoms with Crippen LogP contribution in [0.5, 0.6) is 0 Å². The molecule has 2 aromatic rings. The van der Waals surface area contributed by atoms with Crippen LogP contribution in [0.2, 0.25) is 5.02 Å². The van der Waals surface area contributed by atoms with Crippen LogP contribution in [0.25, 0.3) is 0 Å². The van der Waals surface area contributed by atoms with E-state index in [1.165, 1.54) is 25.1 Å². The summed E-state index contributed by atoms with van der Waals surface area (Å²) in [5.41, 5.74) is 3.48. The Kier molecular flexibility index (Phi) is 4.57. The van der Waals surface area contributed by atoms with Crippen molar-refractivity contribution < 1.29 is 0 Å². The third-order valence-electron chi connectivity index (χ3n) is 4.20. The third-order valence-corrected chi connectivity index (χ3v) is 4.57. The molecule has 2 nitrogen and oxygen atoms in total. The molecule has 1 fully saturated rings. The van der Waals surface area contributed by atoms with Gasteiger partial charge in [-0.15, -0.1) is 0 Å². The van der Waals surface area contributed by atoms with Crippen LogP contribution in [0.4, 0.5) is 0 Å². The molecule has 1 saturated heterocycles. The Morgan fingerprint density at radius 3 is 2.86 bits per heavy atom. The number of aromatic nitrogens is 1. The maximum atomic E-state index is 6.25. The van der Waals surface area contributed by atoms with Crippen LogP contribution in [-0.2, 0) is 6.42 Å². The molecule has 2 heterocycles. The van der Waals surface area contributed by atoms with Gasteiger partial charge in [0, 0.05) is 35.3 Å². The largest absolute Gasteiger partial charge is 0.306 e. The van der Waals surface area contributed by atoms with Gasteiger partial charge in [0.2, 0.25) is 0 Å². The molecule has 0 spiro atoms. The fourth-order valence-electron chi connectivity index (χ4n) is 3.07. The van der Waals surface area contributed by atoms with E-state index in [2.05, 4.69) is 36.2 Å². The smallest absolute Gasteiger partial charge is 0.0451 e. The molecule has 0 bridgehead atoms. The lowest BCUT2D eigenvalue weighted by molar-refractivity contribution is 0.248. The summed E-state index contributed by atoms with van der Waals surface area (Å²) in [5, 5.41) is 0.821. The van der Waals surface area contributed by atoms with E-state index in [0.717, 1.165) is 29.2 Å². The molecule has 21 heavy (non-hydrogen) atoms. The summed E-state index contributed by atoms with van der Waals surface area (Å²) in [6, 6.07) is 14.4. The number of benzene rings is 1. The lowest BCUT2D eigenvalue weighted by atomic mass is 9.94. The number of likely N-dealkylation sites (tertiary alicyclic amines) is 1. The second-order valence-electron chi connectivity index (χ2n) is 5.92. The van der Waals surface area contributed by atoms with Gasteiger partial charge in [-0.2, -0.15) is 0 Å². The van der Waals surface area contributed by atoms with Crippen LogP contribution >= 0.6 is 11.6 Å². The number of pyridine rings is 1. The molecule has 1 aliphatic heterocycles. The summed E-state index contributed by atoms with van der Waals surface area (Å²) in [7, 11) is 2.19. The first-order valence-electron chi connectivity index (χ1n) is 7.60. The van der Waals surface area contributed by atoms with Crippen LogP contribution in [0.15, 0.2) is 42.5 Å². The molecule has 1 aromatic heterocycles. The van der Waals surface area contributed by atoms with Crippen LogP contribution in [0.1, 0.15) is 35.7 Å². The normalized spacial score (nSPS) is 19.6. The maximum Gasteiger partial charge on any atom is 0.0451 e. The summed E-state index contributed by atoms with van der Waals surface area (Å²) in [6.45, 7) is 2.32. The van der Waals surface area contributed by atoms with Crippen LogP contribution in [-0.4, -0.2) is 30.0 Å². The van der Waals surface area contributed by atoms with E-state index in [4.69, 9.17) is 16.6 Å². The van der Waals surface area contributed by atoms with Gasteiger partial charge in [0.15, 0.2) is 0 Å². The van der Waals surface area contributed by atoms with Crippen molar-refractivity contribution in [1.29, 1.82) is 0 Å². The fraction of sp³-hybridized carbons (Fsp3) is 0.389. The number of halogens is 1. The Balaban J connectivity index is 1.78. The van der Waals surface area contributed by atoms with Gasteiger partial charge in [0.1, 0.15) is 0 Å². The standard InChI is InChI=1S/C18H21ClN2/c1-21-11-5-7-15(13-21)18-10-4-8-16(20-18)12-14-6-2-3-9-17(14)19/h2-4,6,8-10,15H,5,7,11-13H2,1H3/t15-/m0/s1. The minimum absolute atomic E-state index is 0.565. The van der Waals surface area contributed by atoms with Crippen molar-refractivity contribution in [1.82, 2.24) is 9.88 Å². The van der Waals surface area contributed by atoms with Crippen LogP contribution in [0.3, 0.4) is 0 Å². The van der Waals surface area contributed by atoms with Crippen LogP contribution < -0.4 is 0 Å². The van der Waals surface area contributed by atoms with Crippen molar-refractivity contribution in [3.8, 4) is 0 Å². The second kappa shape index (κ2) is 6.59. The topological polar surface area (TPSA) is 16.1 Å². The highest BCUT2D eigenvalue weighted by Gasteiger charge is 2.20. The van der Waals surface area contributed by atoms with Gasteiger partial charge < -0.3 is 4.90 Å². The molecule has 1 aliphatic rings. The predicted molar refractivity (Wildman–Crippen MR) is 88.0 cm³/mol. The Bertz CT molecular complexity index is 612. The molecule has 1 aromatic carbocycles. The van der Waals surface area contributed by atoms with Gasteiger partial charge in [0.25, 0.3) is 0 Å². The quantitative estimate of drug-likeness (QED) is 0.847. The number of nitrogens with zero attached hydrogens (tertiary/aromatic N) is 2. The molecular formula is C18H21ClN2. The van der Waals surface area contributed by atoms with Crippen molar-refractivity contribution in [2.75, 3.05) is 20.1 Å². The molecule has 0 N–H and O–H groups in total. The van der Waals surface area contributed by atoms with Gasteiger partial charge in [-0.25, -0.2) is 0 Å². The SMILES string of the molecule is CN1CCC[C@H](c2cccc(Cc3ccccc3Cl)n2)C1. The van der Waals surface area contributed by atoms with E-state index < -0.39 is 0 Å². The summed E-state index contributed by atoms with van der Waals surface area (Å²) in [6.07, 6.45) is 3.31. The van der Waals surface area contributed by atoms with Crippen molar-refractivity contribution in [2.24, 2.45) is 0 Å². The van der Waals surface area contributed by atoms with E-state index in [1.54, 1.807) is 0 Å². The first kappa shape index (κ1) is 14.6. The minimum Gasteiger partial charge on any atom is -0.306 e. The van der Waals surface area contributed by atoms with Gasteiger partial charge in [0.05, 0.1) is 0 Å². The number of hydrogen-bond acceptors (Lipinski definition) is 2. The Labute approximate surface area is 131 Å². The number of piperidine rings is 1. The molecule has 0 aliphatic carbocycles. The zero-order valence-corrected chi connectivity index (χ0v) is 13.2. The zero-order chi connectivity index (χ0) is 14.7. The van der Waals surface area contributed by atoms with E-state index in [9.17, 15) is 0 Å². The maximum absolute atomic E-state index is 6.25. The van der Waals surface area contributed by atoms with Crippen molar-refractivity contribution in [3.63, 3.8) is 0 Å². The molecule has 0 unspecified atom stereocenters. The molecule has 0 radical (unpaired) electrons. The summed E-state index contributed by atoms with van der Waals surface area (Å²) in [5.74, 6) is 0.565. The van der Waals surface area contributed by atoms with Crippen molar-refractivity contribution in [3.05, 3.63) is 64.4 Å². The molecule has 110 valence electrons. The van der Waals surface area contributed by atoms with E-state index in [-0.39, 0.29) is 0 Å². The Morgan fingerprint density at radius 2 is 2.05 bits per heavy atom. The Hall–Kier alpha value is -1.38. The first-order valence-corrected chi connectivity index (χ1v) is 7.98. The highest BCUT2D eigenvalue weighted by molar-refractivity contribution is 6.31.